The fourth-order valence-corrected chi connectivity index (χ4v) is 3.05. The Morgan fingerprint density at radius 3 is 3.00 bits per heavy atom. The topological polar surface area (TPSA) is 71.1 Å². The Labute approximate surface area is 145 Å². The van der Waals surface area contributed by atoms with Crippen molar-refractivity contribution >= 4 is 11.5 Å². The van der Waals surface area contributed by atoms with Gasteiger partial charge in [0, 0.05) is 37.8 Å². The molecule has 1 aliphatic heterocycles. The molecule has 0 spiro atoms. The lowest BCUT2D eigenvalue weighted by molar-refractivity contribution is -0.126. The van der Waals surface area contributed by atoms with Crippen LogP contribution in [0.3, 0.4) is 0 Å². The first-order valence-corrected chi connectivity index (χ1v) is 8.21. The fraction of sp³-hybridized carbons (Fsp3) is 0.389. The molecule has 1 aliphatic rings. The minimum atomic E-state index is -0.337. The van der Waals surface area contributed by atoms with E-state index >= 15 is 0 Å². The number of carbonyl (C=O) groups is 1. The van der Waals surface area contributed by atoms with Crippen LogP contribution < -0.4 is 0 Å². The van der Waals surface area contributed by atoms with Gasteiger partial charge < -0.3 is 9.64 Å². The highest BCUT2D eigenvalue weighted by Crippen LogP contribution is 2.29. The number of carbonyl (C=O) groups excluding carboxylic acids is 1. The third kappa shape index (κ3) is 3.93. The third-order valence-corrected chi connectivity index (χ3v) is 4.46. The van der Waals surface area contributed by atoms with Crippen molar-refractivity contribution in [1.82, 2.24) is 20.1 Å². The second-order valence-electron chi connectivity index (χ2n) is 6.20. The van der Waals surface area contributed by atoms with Gasteiger partial charge in [-0.25, -0.2) is 9.37 Å². The minimum Gasteiger partial charge on any atom is -0.376 e. The van der Waals surface area contributed by atoms with Crippen LogP contribution in [0, 0.1) is 5.82 Å². The molecule has 0 radical (unpaired) electrons. The Morgan fingerprint density at radius 2 is 2.28 bits per heavy atom. The molecule has 7 heteroatoms. The highest BCUT2D eigenvalue weighted by atomic mass is 19.1. The van der Waals surface area contributed by atoms with Crippen LogP contribution in [0.2, 0.25) is 0 Å². The Hall–Kier alpha value is -2.54. The van der Waals surface area contributed by atoms with E-state index in [4.69, 9.17) is 4.74 Å². The molecular weight excluding hydrogens is 323 g/mol. The molecule has 1 amide bonds. The van der Waals surface area contributed by atoms with Gasteiger partial charge in [-0.1, -0.05) is 18.2 Å². The summed E-state index contributed by atoms with van der Waals surface area (Å²) in [6.45, 7) is 2.79. The number of nitrogens with one attached hydrogen (secondary N) is 1. The largest absolute Gasteiger partial charge is 0.376 e. The van der Waals surface area contributed by atoms with Gasteiger partial charge in [0.25, 0.3) is 0 Å². The molecule has 6 nitrogen and oxygen atoms in total. The molecule has 0 saturated carbocycles. The average molecular weight is 344 g/mol. The van der Waals surface area contributed by atoms with Crippen molar-refractivity contribution in [3.63, 3.8) is 0 Å². The molecule has 0 bridgehead atoms. The maximum atomic E-state index is 13.8. The molecule has 3 rings (SSSR count). The van der Waals surface area contributed by atoms with E-state index in [2.05, 4.69) is 15.2 Å². The summed E-state index contributed by atoms with van der Waals surface area (Å²) in [5, 5.41) is 6.75. The molecule has 1 saturated heterocycles. The Bertz CT molecular complexity index is 760. The van der Waals surface area contributed by atoms with Crippen LogP contribution >= 0.6 is 0 Å². The summed E-state index contributed by atoms with van der Waals surface area (Å²) in [7, 11) is 1.71. The number of hydrogen-bond acceptors (Lipinski definition) is 4. The van der Waals surface area contributed by atoms with Crippen molar-refractivity contribution in [2.75, 3.05) is 20.2 Å². The van der Waals surface area contributed by atoms with Crippen molar-refractivity contribution in [3.05, 3.63) is 53.9 Å². The van der Waals surface area contributed by atoms with E-state index in [1.54, 1.807) is 37.1 Å². The highest BCUT2D eigenvalue weighted by molar-refractivity contribution is 5.94. The number of amides is 1. The Balaban J connectivity index is 1.66. The second-order valence-corrected chi connectivity index (χ2v) is 6.20. The molecule has 132 valence electrons. The average Bonchev–Trinajstić information content (AvgIpc) is 3.26. The zero-order chi connectivity index (χ0) is 17.8. The molecule has 1 aromatic heterocycles. The van der Waals surface area contributed by atoms with Crippen LogP contribution in [-0.4, -0.2) is 52.3 Å². The van der Waals surface area contributed by atoms with E-state index in [0.717, 1.165) is 12.2 Å². The summed E-state index contributed by atoms with van der Waals surface area (Å²) in [4.78, 5) is 18.2. The van der Waals surface area contributed by atoms with Crippen molar-refractivity contribution in [1.29, 1.82) is 0 Å². The molecular formula is C18H21FN4O2. The summed E-state index contributed by atoms with van der Waals surface area (Å²) in [5.41, 5.74) is 1.02. The van der Waals surface area contributed by atoms with Gasteiger partial charge >= 0.3 is 0 Å². The third-order valence-electron chi connectivity index (χ3n) is 4.46. The molecule has 1 aromatic carbocycles. The van der Waals surface area contributed by atoms with Crippen LogP contribution in [-0.2, 0) is 9.53 Å². The quantitative estimate of drug-likeness (QED) is 0.846. The first-order chi connectivity index (χ1) is 12.1. The zero-order valence-electron chi connectivity index (χ0n) is 14.3. The van der Waals surface area contributed by atoms with Gasteiger partial charge in [0.05, 0.1) is 6.10 Å². The molecule has 2 atom stereocenters. The minimum absolute atomic E-state index is 0.0920. The van der Waals surface area contributed by atoms with Gasteiger partial charge in [0.15, 0.2) is 0 Å². The van der Waals surface area contributed by atoms with Crippen LogP contribution in [0.25, 0.3) is 5.57 Å². The summed E-state index contributed by atoms with van der Waals surface area (Å²) in [6.07, 6.45) is 3.63. The number of nitrogens with zero attached hydrogens (tertiary/aromatic N) is 3. The number of hydrogen-bond donors (Lipinski definition) is 1. The van der Waals surface area contributed by atoms with E-state index < -0.39 is 0 Å². The summed E-state index contributed by atoms with van der Waals surface area (Å²) < 4.78 is 19.6. The van der Waals surface area contributed by atoms with E-state index in [-0.39, 0.29) is 23.7 Å². The van der Waals surface area contributed by atoms with Crippen LogP contribution in [0.1, 0.15) is 30.7 Å². The van der Waals surface area contributed by atoms with E-state index in [0.29, 0.717) is 24.3 Å². The Morgan fingerprint density at radius 1 is 1.48 bits per heavy atom. The first-order valence-electron chi connectivity index (χ1n) is 8.21. The lowest BCUT2D eigenvalue weighted by Gasteiger charge is -2.23. The Kier molecular flexibility index (Phi) is 5.23. The number of rotatable bonds is 5. The normalized spacial score (nSPS) is 20.7. The van der Waals surface area contributed by atoms with Crippen molar-refractivity contribution in [2.24, 2.45) is 0 Å². The number of aromatic amines is 1. The van der Waals surface area contributed by atoms with Gasteiger partial charge in [-0.3, -0.25) is 9.89 Å². The van der Waals surface area contributed by atoms with Gasteiger partial charge in [-0.15, -0.1) is 0 Å². The lowest BCUT2D eigenvalue weighted by atomic mass is 10.0. The van der Waals surface area contributed by atoms with Gasteiger partial charge in [-0.2, -0.15) is 5.10 Å². The number of halogens is 1. The number of allylic oxidation sites excluding steroid dienone is 1. The fourth-order valence-electron chi connectivity index (χ4n) is 3.05. The number of ether oxygens (including phenoxy) is 1. The van der Waals surface area contributed by atoms with Crippen molar-refractivity contribution < 1.29 is 13.9 Å². The van der Waals surface area contributed by atoms with Crippen molar-refractivity contribution in [3.8, 4) is 0 Å². The lowest BCUT2D eigenvalue weighted by Crippen LogP contribution is -2.35. The molecule has 1 fully saturated rings. The summed E-state index contributed by atoms with van der Waals surface area (Å²) in [5.74, 6) is 0.347. The molecule has 25 heavy (non-hydrogen) atoms. The number of benzene rings is 1. The summed E-state index contributed by atoms with van der Waals surface area (Å²) >= 11 is 0. The van der Waals surface area contributed by atoms with Crippen molar-refractivity contribution in [2.45, 2.75) is 25.4 Å². The SMILES string of the molecule is C/C(=C\C(=O)N(C)C[C@H]1OCC[C@H]1c1ncn[nH]1)c1ccccc1F. The maximum absolute atomic E-state index is 13.8. The van der Waals surface area contributed by atoms with E-state index in [1.807, 2.05) is 0 Å². The van der Waals surface area contributed by atoms with Crippen LogP contribution in [0.4, 0.5) is 4.39 Å². The molecule has 2 aromatic rings. The highest BCUT2D eigenvalue weighted by Gasteiger charge is 2.33. The number of aromatic nitrogens is 3. The number of H-pyrrole nitrogens is 1. The number of likely N-dealkylation sites (N-methyl/N-ethyl adjacent to an activating group) is 1. The monoisotopic (exact) mass is 344 g/mol. The molecule has 1 N–H and O–H groups in total. The maximum Gasteiger partial charge on any atom is 0.246 e. The van der Waals surface area contributed by atoms with Gasteiger partial charge in [0.2, 0.25) is 5.91 Å². The van der Waals surface area contributed by atoms with Crippen LogP contribution in [0.15, 0.2) is 36.7 Å². The molecule has 0 unspecified atom stereocenters. The second kappa shape index (κ2) is 7.57. The predicted octanol–water partition coefficient (Wildman–Crippen LogP) is 2.38. The molecule has 0 aliphatic carbocycles. The van der Waals surface area contributed by atoms with Gasteiger partial charge in [0.1, 0.15) is 18.0 Å². The smallest absolute Gasteiger partial charge is 0.246 e. The molecule has 2 heterocycles. The van der Waals surface area contributed by atoms with E-state index in [1.165, 1.54) is 18.5 Å². The summed E-state index contributed by atoms with van der Waals surface area (Å²) in [6, 6.07) is 6.42. The van der Waals surface area contributed by atoms with Gasteiger partial charge in [-0.05, 0) is 25.0 Å². The standard InChI is InChI=1S/C18H21FN4O2/c1-12(13-5-3-4-6-15(13)19)9-17(24)23(2)10-16-14(7-8-25-16)18-20-11-21-22-18/h3-6,9,11,14,16H,7-8,10H2,1-2H3,(H,20,21,22)/b12-9+/t14-,16-/m1/s1. The van der Waals surface area contributed by atoms with E-state index in [9.17, 15) is 9.18 Å². The first kappa shape index (κ1) is 17.3. The zero-order valence-corrected chi connectivity index (χ0v) is 14.3. The predicted molar refractivity (Wildman–Crippen MR) is 91.2 cm³/mol. The van der Waals surface area contributed by atoms with Crippen LogP contribution in [0.5, 0.6) is 0 Å².